The van der Waals surface area contributed by atoms with Crippen LogP contribution in [0.5, 0.6) is 5.75 Å². The first-order valence-corrected chi connectivity index (χ1v) is 19.4. The SMILES string of the molecule is CCC[C@H](NC(=O)[C@@H]1C[C@@H](Oc2ccccc2Cl)CN1C(=O)[C@@H](NC(=O)[C@@H](NC(=O)c1cnccn1)C1CCCCC1)C(C)(C)C)C(=O)C(=O)NC1CC1. The molecular weight excluding hydrogens is 714 g/mol. The predicted molar refractivity (Wildman–Crippen MR) is 200 cm³/mol. The molecule has 1 saturated heterocycles. The molecule has 2 aliphatic carbocycles. The molecule has 0 spiro atoms. The van der Waals surface area contributed by atoms with Crippen molar-refractivity contribution < 1.29 is 33.5 Å². The van der Waals surface area contributed by atoms with Crippen molar-refractivity contribution in [2.24, 2.45) is 11.3 Å². The number of carbonyl (C=O) groups excluding carboxylic acids is 6. The van der Waals surface area contributed by atoms with Crippen molar-refractivity contribution in [2.45, 2.75) is 128 Å². The van der Waals surface area contributed by atoms with Crippen molar-refractivity contribution >= 4 is 46.9 Å². The number of rotatable bonds is 15. The van der Waals surface area contributed by atoms with Gasteiger partial charge in [-0.2, -0.15) is 0 Å². The lowest BCUT2D eigenvalue weighted by Crippen LogP contribution is -2.62. The molecule has 15 heteroatoms. The van der Waals surface area contributed by atoms with E-state index >= 15 is 0 Å². The van der Waals surface area contributed by atoms with Crippen LogP contribution >= 0.6 is 11.6 Å². The summed E-state index contributed by atoms with van der Waals surface area (Å²) in [7, 11) is 0. The molecule has 5 amide bonds. The van der Waals surface area contributed by atoms with Gasteiger partial charge < -0.3 is 30.9 Å². The largest absolute Gasteiger partial charge is 0.487 e. The highest BCUT2D eigenvalue weighted by atomic mass is 35.5. The maximum absolute atomic E-state index is 14.7. The zero-order valence-electron chi connectivity index (χ0n) is 31.4. The minimum absolute atomic E-state index is 0.0192. The number of amides is 5. The molecule has 1 aliphatic heterocycles. The van der Waals surface area contributed by atoms with Crippen LogP contribution in [0.2, 0.25) is 5.02 Å². The molecule has 2 aromatic rings. The monoisotopic (exact) mass is 765 g/mol. The molecule has 1 aromatic heterocycles. The van der Waals surface area contributed by atoms with E-state index in [0.717, 1.165) is 44.9 Å². The first-order valence-electron chi connectivity index (χ1n) is 19.0. The van der Waals surface area contributed by atoms with E-state index in [2.05, 4.69) is 31.2 Å². The van der Waals surface area contributed by atoms with Crippen molar-refractivity contribution in [3.63, 3.8) is 0 Å². The number of ether oxygens (including phenoxy) is 1. The van der Waals surface area contributed by atoms with Crippen LogP contribution in [0.3, 0.4) is 0 Å². The molecule has 5 atom stereocenters. The quantitative estimate of drug-likeness (QED) is 0.197. The third kappa shape index (κ3) is 10.5. The molecule has 1 aromatic carbocycles. The summed E-state index contributed by atoms with van der Waals surface area (Å²) < 4.78 is 6.22. The van der Waals surface area contributed by atoms with E-state index in [1.54, 1.807) is 45.0 Å². The molecular formula is C39H52ClN7O7. The van der Waals surface area contributed by atoms with Gasteiger partial charge in [-0.1, -0.05) is 77.1 Å². The number of Topliss-reactive ketones (excluding diaryl/α,β-unsaturated/α-hetero) is 1. The summed E-state index contributed by atoms with van der Waals surface area (Å²) in [4.78, 5) is 91.7. The van der Waals surface area contributed by atoms with Crippen LogP contribution in [0.1, 0.15) is 102 Å². The van der Waals surface area contributed by atoms with Crippen LogP contribution in [-0.4, -0.2) is 93.0 Å². The van der Waals surface area contributed by atoms with Crippen molar-refractivity contribution in [1.29, 1.82) is 0 Å². The van der Waals surface area contributed by atoms with Crippen LogP contribution in [0.25, 0.3) is 0 Å². The number of hydrogen-bond donors (Lipinski definition) is 4. The van der Waals surface area contributed by atoms with Crippen molar-refractivity contribution in [1.82, 2.24) is 36.1 Å². The smallest absolute Gasteiger partial charge is 0.289 e. The molecule has 4 N–H and O–H groups in total. The van der Waals surface area contributed by atoms with E-state index < -0.39 is 71.0 Å². The second kappa shape index (κ2) is 18.2. The number of hydrogen-bond acceptors (Lipinski definition) is 9. The fourth-order valence-corrected chi connectivity index (χ4v) is 7.29. The Hall–Kier alpha value is -4.59. The van der Waals surface area contributed by atoms with E-state index in [0.29, 0.717) is 17.2 Å². The Morgan fingerprint density at radius 2 is 1.69 bits per heavy atom. The van der Waals surface area contributed by atoms with Crippen LogP contribution in [-0.2, 0) is 24.0 Å². The molecule has 3 aliphatic rings. The number of carbonyl (C=O) groups is 6. The molecule has 292 valence electrons. The van der Waals surface area contributed by atoms with Gasteiger partial charge in [-0.3, -0.25) is 33.8 Å². The topological polar surface area (TPSA) is 189 Å². The minimum Gasteiger partial charge on any atom is -0.487 e. The maximum Gasteiger partial charge on any atom is 0.289 e. The number of ketones is 1. The maximum atomic E-state index is 14.7. The second-order valence-corrected chi connectivity index (χ2v) is 16.0. The lowest BCUT2D eigenvalue weighted by atomic mass is 9.82. The first kappa shape index (κ1) is 40.6. The van der Waals surface area contributed by atoms with E-state index in [9.17, 15) is 28.8 Å². The summed E-state index contributed by atoms with van der Waals surface area (Å²) in [6.07, 6.45) is 10.2. The highest BCUT2D eigenvalue weighted by Gasteiger charge is 2.47. The Balaban J connectivity index is 1.40. The third-order valence-corrected chi connectivity index (χ3v) is 10.5. The third-order valence-electron chi connectivity index (χ3n) is 10.2. The van der Waals surface area contributed by atoms with Gasteiger partial charge in [0.2, 0.25) is 23.5 Å². The number of nitrogens with zero attached hydrogens (tertiary/aromatic N) is 3. The molecule has 2 saturated carbocycles. The standard InChI is InChI=1S/C39H52ClN7O7/c1-5-11-27(32(48)37(52)43-24-16-17-24)44-35(50)29-20-25(54-30-15-10-9-14-26(30)40)22-47(29)38(53)33(39(2,3)4)46-36(51)31(23-12-7-6-8-13-23)45-34(49)28-21-41-18-19-42-28/h9-10,14-15,18-19,21,23-25,27,29,31,33H,5-8,11-13,16-17,20,22H2,1-4H3,(H,43,52)(H,44,50)(H,45,49)(H,46,51)/t25-,27+,29+,31+,33-/m1/s1. The van der Waals surface area contributed by atoms with E-state index in [1.165, 1.54) is 23.5 Å². The number of likely N-dealkylation sites (tertiary alicyclic amines) is 1. The molecule has 0 unspecified atom stereocenters. The lowest BCUT2D eigenvalue weighted by molar-refractivity contribution is -0.145. The Bertz CT molecular complexity index is 1680. The Labute approximate surface area is 321 Å². The summed E-state index contributed by atoms with van der Waals surface area (Å²) >= 11 is 6.40. The fraction of sp³-hybridized carbons (Fsp3) is 0.590. The highest BCUT2D eigenvalue weighted by molar-refractivity contribution is 6.38. The van der Waals surface area contributed by atoms with E-state index in [1.807, 2.05) is 6.92 Å². The molecule has 0 bridgehead atoms. The first-order chi connectivity index (χ1) is 25.8. The van der Waals surface area contributed by atoms with Crippen LogP contribution in [0, 0.1) is 11.3 Å². The van der Waals surface area contributed by atoms with Gasteiger partial charge in [0.05, 0.1) is 23.8 Å². The second-order valence-electron chi connectivity index (χ2n) is 15.6. The minimum atomic E-state index is -1.13. The van der Waals surface area contributed by atoms with Gasteiger partial charge in [0.15, 0.2) is 0 Å². The number of aromatic nitrogens is 2. The molecule has 54 heavy (non-hydrogen) atoms. The highest BCUT2D eigenvalue weighted by Crippen LogP contribution is 2.32. The lowest BCUT2D eigenvalue weighted by Gasteiger charge is -2.37. The van der Waals surface area contributed by atoms with Crippen molar-refractivity contribution in [2.75, 3.05) is 6.54 Å². The average molecular weight is 766 g/mol. The average Bonchev–Trinajstić information content (AvgIpc) is 3.87. The number of para-hydroxylation sites is 1. The summed E-state index contributed by atoms with van der Waals surface area (Å²) in [5.74, 6) is -3.50. The Morgan fingerprint density at radius 1 is 0.963 bits per heavy atom. The summed E-state index contributed by atoms with van der Waals surface area (Å²) in [5.41, 5.74) is -0.779. The van der Waals surface area contributed by atoms with Gasteiger partial charge in [-0.05, 0) is 55.6 Å². The summed E-state index contributed by atoms with van der Waals surface area (Å²) in [5, 5.41) is 11.6. The molecule has 2 heterocycles. The van der Waals surface area contributed by atoms with Crippen molar-refractivity contribution in [3.05, 3.63) is 53.6 Å². The van der Waals surface area contributed by atoms with Crippen LogP contribution < -0.4 is 26.0 Å². The van der Waals surface area contributed by atoms with E-state index in [4.69, 9.17) is 16.3 Å². The Kier molecular flexibility index (Phi) is 13.6. The molecule has 14 nitrogen and oxygen atoms in total. The summed E-state index contributed by atoms with van der Waals surface area (Å²) in [6.45, 7) is 7.24. The normalized spacial score (nSPS) is 20.6. The predicted octanol–water partition coefficient (Wildman–Crippen LogP) is 3.52. The number of nitrogens with one attached hydrogen (secondary N) is 4. The van der Waals surface area contributed by atoms with Gasteiger partial charge in [-0.15, -0.1) is 0 Å². The Morgan fingerprint density at radius 3 is 2.31 bits per heavy atom. The van der Waals surface area contributed by atoms with Gasteiger partial charge in [0, 0.05) is 24.9 Å². The number of benzene rings is 1. The van der Waals surface area contributed by atoms with Gasteiger partial charge in [-0.25, -0.2) is 4.98 Å². The summed E-state index contributed by atoms with van der Waals surface area (Å²) in [6, 6.07) is 2.57. The van der Waals surface area contributed by atoms with Gasteiger partial charge >= 0.3 is 0 Å². The van der Waals surface area contributed by atoms with Gasteiger partial charge in [0.25, 0.3) is 11.8 Å². The zero-order valence-corrected chi connectivity index (χ0v) is 32.2. The van der Waals surface area contributed by atoms with Gasteiger partial charge in [0.1, 0.15) is 35.7 Å². The van der Waals surface area contributed by atoms with E-state index in [-0.39, 0.29) is 37.0 Å². The van der Waals surface area contributed by atoms with Crippen LogP contribution in [0.4, 0.5) is 0 Å². The molecule has 0 radical (unpaired) electrons. The zero-order chi connectivity index (χ0) is 39.0. The van der Waals surface area contributed by atoms with Crippen LogP contribution in [0.15, 0.2) is 42.9 Å². The van der Waals surface area contributed by atoms with Crippen molar-refractivity contribution in [3.8, 4) is 5.75 Å². The molecule has 5 rings (SSSR count). The number of halogens is 1. The fourth-order valence-electron chi connectivity index (χ4n) is 7.11. The molecule has 3 fully saturated rings.